The van der Waals surface area contributed by atoms with Crippen molar-refractivity contribution in [2.24, 2.45) is 11.7 Å². The van der Waals surface area contributed by atoms with E-state index in [1.54, 1.807) is 6.20 Å². The molecule has 1 heterocycles. The summed E-state index contributed by atoms with van der Waals surface area (Å²) in [6.07, 6.45) is 8.57. The number of halogens is 1. The highest BCUT2D eigenvalue weighted by atomic mass is 35.5. The minimum absolute atomic E-state index is 0.464. The number of nitrogens with two attached hydrogens (primary N) is 1. The summed E-state index contributed by atoms with van der Waals surface area (Å²) in [4.78, 5) is 6.57. The van der Waals surface area contributed by atoms with Crippen molar-refractivity contribution in [3.8, 4) is 0 Å². The Morgan fingerprint density at radius 2 is 2.11 bits per heavy atom. The summed E-state index contributed by atoms with van der Waals surface area (Å²) in [5.74, 6) is 1.65. The van der Waals surface area contributed by atoms with Crippen LogP contribution in [-0.4, -0.2) is 18.6 Å². The van der Waals surface area contributed by atoms with Crippen LogP contribution in [0.15, 0.2) is 12.3 Å². The Kier molecular flexibility index (Phi) is 4.84. The molecule has 0 unspecified atom stereocenters. The number of anilines is 1. The molecule has 2 rings (SSSR count). The predicted octanol–water partition coefficient (Wildman–Crippen LogP) is 3.21. The third kappa shape index (κ3) is 3.15. The zero-order chi connectivity index (χ0) is 13.0. The Bertz CT molecular complexity index is 389. The highest BCUT2D eigenvalue weighted by Gasteiger charge is 2.18. The molecule has 0 radical (unpaired) electrons. The number of hydrogen-bond acceptors (Lipinski definition) is 3. The molecule has 2 N–H and O–H groups in total. The van der Waals surface area contributed by atoms with E-state index >= 15 is 0 Å². The van der Waals surface area contributed by atoms with Gasteiger partial charge in [-0.1, -0.05) is 30.9 Å². The number of hydrogen-bond donors (Lipinski definition) is 1. The molecule has 1 saturated carbocycles. The zero-order valence-electron chi connectivity index (χ0n) is 11.0. The zero-order valence-corrected chi connectivity index (χ0v) is 11.8. The Morgan fingerprint density at radius 3 is 2.78 bits per heavy atom. The number of pyridine rings is 1. The van der Waals surface area contributed by atoms with Crippen LogP contribution in [0.4, 0.5) is 5.82 Å². The smallest absolute Gasteiger partial charge is 0.147 e. The lowest BCUT2D eigenvalue weighted by Crippen LogP contribution is -2.28. The molecule has 1 aliphatic rings. The summed E-state index contributed by atoms with van der Waals surface area (Å²) >= 11 is 6.34. The standard InChI is InChI=1S/C14H22ClN3/c1-18(10-11-5-3-2-4-6-11)14-13(15)12(9-16)7-8-17-14/h7-8,11H,2-6,9-10,16H2,1H3. The average molecular weight is 268 g/mol. The molecule has 0 saturated heterocycles. The van der Waals surface area contributed by atoms with Crippen LogP contribution >= 0.6 is 11.6 Å². The largest absolute Gasteiger partial charge is 0.358 e. The van der Waals surface area contributed by atoms with E-state index in [4.69, 9.17) is 17.3 Å². The Balaban J connectivity index is 2.05. The minimum Gasteiger partial charge on any atom is -0.358 e. The second kappa shape index (κ2) is 6.39. The number of nitrogens with zero attached hydrogens (tertiary/aromatic N) is 2. The van der Waals surface area contributed by atoms with E-state index in [2.05, 4.69) is 16.9 Å². The van der Waals surface area contributed by atoms with Crippen molar-refractivity contribution in [2.75, 3.05) is 18.5 Å². The van der Waals surface area contributed by atoms with Crippen LogP contribution in [0.3, 0.4) is 0 Å². The van der Waals surface area contributed by atoms with Crippen LogP contribution in [-0.2, 0) is 6.54 Å². The van der Waals surface area contributed by atoms with E-state index < -0.39 is 0 Å². The van der Waals surface area contributed by atoms with E-state index in [-0.39, 0.29) is 0 Å². The molecule has 0 atom stereocenters. The molecule has 1 fully saturated rings. The fourth-order valence-electron chi connectivity index (χ4n) is 2.74. The summed E-state index contributed by atoms with van der Waals surface area (Å²) in [6, 6.07) is 1.89. The van der Waals surface area contributed by atoms with Crippen molar-refractivity contribution in [1.82, 2.24) is 4.98 Å². The number of rotatable bonds is 4. The van der Waals surface area contributed by atoms with E-state index in [1.807, 2.05) is 6.07 Å². The highest BCUT2D eigenvalue weighted by Crippen LogP contribution is 2.29. The van der Waals surface area contributed by atoms with Crippen LogP contribution < -0.4 is 10.6 Å². The van der Waals surface area contributed by atoms with Gasteiger partial charge in [-0.25, -0.2) is 4.98 Å². The second-order valence-corrected chi connectivity index (χ2v) is 5.57. The topological polar surface area (TPSA) is 42.2 Å². The molecule has 0 bridgehead atoms. The lowest BCUT2D eigenvalue weighted by Gasteiger charge is -2.28. The van der Waals surface area contributed by atoms with E-state index in [9.17, 15) is 0 Å². The molecule has 1 aromatic rings. The van der Waals surface area contributed by atoms with Crippen molar-refractivity contribution in [3.63, 3.8) is 0 Å². The quantitative estimate of drug-likeness (QED) is 0.911. The van der Waals surface area contributed by atoms with Gasteiger partial charge in [-0.2, -0.15) is 0 Å². The first-order valence-corrected chi connectivity index (χ1v) is 7.14. The fraction of sp³-hybridized carbons (Fsp3) is 0.643. The maximum absolute atomic E-state index is 6.34. The van der Waals surface area contributed by atoms with Crippen molar-refractivity contribution >= 4 is 17.4 Å². The molecular formula is C14H22ClN3. The van der Waals surface area contributed by atoms with Crippen LogP contribution in [0.2, 0.25) is 5.02 Å². The molecule has 0 aliphatic heterocycles. The molecule has 100 valence electrons. The molecule has 3 nitrogen and oxygen atoms in total. The van der Waals surface area contributed by atoms with Crippen molar-refractivity contribution in [3.05, 3.63) is 22.8 Å². The van der Waals surface area contributed by atoms with Gasteiger partial charge < -0.3 is 10.6 Å². The highest BCUT2D eigenvalue weighted by molar-refractivity contribution is 6.33. The molecule has 0 amide bonds. The molecule has 0 spiro atoms. The third-order valence-electron chi connectivity index (χ3n) is 3.79. The fourth-order valence-corrected chi connectivity index (χ4v) is 3.07. The third-order valence-corrected chi connectivity index (χ3v) is 4.20. The Morgan fingerprint density at radius 1 is 1.39 bits per heavy atom. The molecule has 4 heteroatoms. The van der Waals surface area contributed by atoms with Gasteiger partial charge in [-0.15, -0.1) is 0 Å². The minimum atomic E-state index is 0.464. The first-order valence-electron chi connectivity index (χ1n) is 6.77. The van der Waals surface area contributed by atoms with Crippen LogP contribution in [0.5, 0.6) is 0 Å². The first-order chi connectivity index (χ1) is 8.72. The monoisotopic (exact) mass is 267 g/mol. The van der Waals surface area contributed by atoms with Gasteiger partial charge >= 0.3 is 0 Å². The summed E-state index contributed by atoms with van der Waals surface area (Å²) < 4.78 is 0. The van der Waals surface area contributed by atoms with Crippen molar-refractivity contribution < 1.29 is 0 Å². The summed E-state index contributed by atoms with van der Waals surface area (Å²) in [5.41, 5.74) is 6.64. The lowest BCUT2D eigenvalue weighted by molar-refractivity contribution is 0.361. The van der Waals surface area contributed by atoms with Gasteiger partial charge in [-0.05, 0) is 30.4 Å². The van der Waals surface area contributed by atoms with Gasteiger partial charge in [0.15, 0.2) is 0 Å². The molecular weight excluding hydrogens is 246 g/mol. The predicted molar refractivity (Wildman–Crippen MR) is 77.0 cm³/mol. The van der Waals surface area contributed by atoms with Gasteiger partial charge in [0.05, 0.1) is 5.02 Å². The molecule has 1 aliphatic carbocycles. The van der Waals surface area contributed by atoms with Crippen molar-refractivity contribution in [1.29, 1.82) is 0 Å². The number of aromatic nitrogens is 1. The van der Waals surface area contributed by atoms with Crippen LogP contribution in [0.25, 0.3) is 0 Å². The normalized spacial score (nSPS) is 16.8. The molecule has 1 aromatic heterocycles. The lowest BCUT2D eigenvalue weighted by atomic mass is 9.89. The average Bonchev–Trinajstić information content (AvgIpc) is 2.40. The van der Waals surface area contributed by atoms with Gasteiger partial charge in [-0.3, -0.25) is 0 Å². The summed E-state index contributed by atoms with van der Waals surface area (Å²) in [6.45, 7) is 1.51. The first kappa shape index (κ1) is 13.6. The van der Waals surface area contributed by atoms with E-state index in [0.717, 1.165) is 23.8 Å². The van der Waals surface area contributed by atoms with Gasteiger partial charge in [0.1, 0.15) is 5.82 Å². The van der Waals surface area contributed by atoms with E-state index in [1.165, 1.54) is 32.1 Å². The Hall–Kier alpha value is -0.800. The van der Waals surface area contributed by atoms with Gasteiger partial charge in [0.25, 0.3) is 0 Å². The Labute approximate surface area is 114 Å². The second-order valence-electron chi connectivity index (χ2n) is 5.20. The maximum Gasteiger partial charge on any atom is 0.147 e. The van der Waals surface area contributed by atoms with E-state index in [0.29, 0.717) is 11.6 Å². The van der Waals surface area contributed by atoms with Gasteiger partial charge in [0, 0.05) is 26.3 Å². The van der Waals surface area contributed by atoms with Gasteiger partial charge in [0.2, 0.25) is 0 Å². The van der Waals surface area contributed by atoms with Crippen molar-refractivity contribution in [2.45, 2.75) is 38.6 Å². The summed E-state index contributed by atoms with van der Waals surface area (Å²) in [5, 5.41) is 0.707. The maximum atomic E-state index is 6.34. The van der Waals surface area contributed by atoms with Crippen LogP contribution in [0.1, 0.15) is 37.7 Å². The molecule has 0 aromatic carbocycles. The molecule has 18 heavy (non-hydrogen) atoms. The SMILES string of the molecule is CN(CC1CCCCC1)c1nccc(CN)c1Cl. The van der Waals surface area contributed by atoms with Crippen LogP contribution in [0, 0.1) is 5.92 Å². The summed E-state index contributed by atoms with van der Waals surface area (Å²) in [7, 11) is 2.07.